The second kappa shape index (κ2) is 3.28. The van der Waals surface area contributed by atoms with E-state index >= 15 is 0 Å². The van der Waals surface area contributed by atoms with Crippen LogP contribution in [-0.2, 0) is 13.5 Å². The molecule has 1 aliphatic rings. The first-order valence-electron chi connectivity index (χ1n) is 8.03. The maximum absolute atomic E-state index is 8.05. The molecular weight excluding hydrogens is 248 g/mol. The molecule has 1 aromatic carbocycles. The highest BCUT2D eigenvalue weighted by Gasteiger charge is 2.33. The van der Waals surface area contributed by atoms with Crippen LogP contribution in [0.3, 0.4) is 0 Å². The lowest BCUT2D eigenvalue weighted by Crippen LogP contribution is -2.29. The van der Waals surface area contributed by atoms with E-state index < -0.39 is 6.98 Å². The molecule has 0 atom stereocenters. The molecule has 0 unspecified atom stereocenters. The lowest BCUT2D eigenvalue weighted by Gasteiger charge is -1.96. The molecule has 4 aromatic rings. The summed E-state index contributed by atoms with van der Waals surface area (Å²) in [5.41, 5.74) is 4.57. The summed E-state index contributed by atoms with van der Waals surface area (Å²) in [6.07, 6.45) is 7.23. The molecular formula is C16H13N4+. The summed E-state index contributed by atoms with van der Waals surface area (Å²) < 4.78 is 29.6. The number of rotatable bonds is 0. The molecule has 0 saturated heterocycles. The number of nitrogens with zero attached hydrogens (tertiary/aromatic N) is 4. The number of aromatic nitrogens is 4. The van der Waals surface area contributed by atoms with Crippen LogP contribution >= 0.6 is 0 Å². The first-order valence-corrected chi connectivity index (χ1v) is 6.53. The largest absolute Gasteiger partial charge is 0.313 e. The number of hydrogen-bond donors (Lipinski definition) is 0. The second-order valence-electron chi connectivity index (χ2n) is 5.13. The summed E-state index contributed by atoms with van der Waals surface area (Å²) in [7, 11) is 0. The molecule has 1 aliphatic heterocycles. The maximum Gasteiger partial charge on any atom is 0.290 e. The Kier molecular flexibility index (Phi) is 1.29. The number of benzene rings is 1. The molecule has 4 heterocycles. The van der Waals surface area contributed by atoms with E-state index in [4.69, 9.17) is 4.11 Å². The van der Waals surface area contributed by atoms with Gasteiger partial charge >= 0.3 is 0 Å². The summed E-state index contributed by atoms with van der Waals surface area (Å²) in [5, 5.41) is 0. The molecule has 0 amide bonds. The Labute approximate surface area is 119 Å². The van der Waals surface area contributed by atoms with Gasteiger partial charge in [0.05, 0.1) is 29.0 Å². The molecule has 0 bridgehead atoms. The summed E-state index contributed by atoms with van der Waals surface area (Å²) >= 11 is 0. The van der Waals surface area contributed by atoms with Crippen LogP contribution in [0.2, 0.25) is 0 Å². The fraction of sp³-hybridized carbons (Fsp3) is 0.125. The van der Waals surface area contributed by atoms with Gasteiger partial charge in [0.2, 0.25) is 5.52 Å². The van der Waals surface area contributed by atoms with Gasteiger partial charge in [0, 0.05) is 18.0 Å². The van der Waals surface area contributed by atoms with Crippen molar-refractivity contribution in [1.82, 2.24) is 14.0 Å². The molecule has 0 N–H and O–H groups in total. The predicted octanol–water partition coefficient (Wildman–Crippen LogP) is 2.14. The monoisotopic (exact) mass is 264 g/mol. The van der Waals surface area contributed by atoms with E-state index in [9.17, 15) is 0 Å². The number of hydrogen-bond acceptors (Lipinski definition) is 1. The number of aryl methyl sites for hydroxylation is 1. The van der Waals surface area contributed by atoms with E-state index in [1.807, 2.05) is 35.0 Å². The third-order valence-corrected chi connectivity index (χ3v) is 4.10. The van der Waals surface area contributed by atoms with E-state index in [0.717, 1.165) is 28.0 Å². The Bertz CT molecular complexity index is 1090. The molecule has 4 heteroatoms. The average Bonchev–Trinajstić information content (AvgIpc) is 3.13. The van der Waals surface area contributed by atoms with Gasteiger partial charge in [-0.15, -0.1) is 0 Å². The Morgan fingerprint density at radius 1 is 1.30 bits per heavy atom. The third-order valence-electron chi connectivity index (χ3n) is 4.10. The van der Waals surface area contributed by atoms with Crippen molar-refractivity contribution in [2.75, 3.05) is 0 Å². The van der Waals surface area contributed by atoms with Crippen LogP contribution < -0.4 is 4.57 Å². The molecule has 0 aliphatic carbocycles. The minimum Gasteiger partial charge on any atom is -0.313 e. The maximum atomic E-state index is 8.05. The van der Waals surface area contributed by atoms with Crippen molar-refractivity contribution < 1.29 is 8.68 Å². The lowest BCUT2D eigenvalue weighted by molar-refractivity contribution is -0.633. The van der Waals surface area contributed by atoms with Crippen LogP contribution in [-0.4, -0.2) is 14.0 Å². The fourth-order valence-corrected chi connectivity index (χ4v) is 3.23. The Morgan fingerprint density at radius 2 is 2.25 bits per heavy atom. The fourth-order valence-electron chi connectivity index (χ4n) is 3.23. The van der Waals surface area contributed by atoms with Crippen LogP contribution in [0.4, 0.5) is 0 Å². The van der Waals surface area contributed by atoms with E-state index in [0.29, 0.717) is 12.1 Å². The first-order chi connectivity index (χ1) is 11.1. The Balaban J connectivity index is 2.01. The van der Waals surface area contributed by atoms with Gasteiger partial charge in [0.1, 0.15) is 12.1 Å². The van der Waals surface area contributed by atoms with Crippen molar-refractivity contribution in [2.24, 2.45) is 6.98 Å². The van der Waals surface area contributed by atoms with Crippen LogP contribution in [0.25, 0.3) is 27.9 Å². The quantitative estimate of drug-likeness (QED) is 0.394. The van der Waals surface area contributed by atoms with Crippen LogP contribution in [0, 0.1) is 0 Å². The molecule has 0 fully saturated rings. The molecule has 20 heavy (non-hydrogen) atoms. The molecule has 5 rings (SSSR count). The minimum atomic E-state index is -2.26. The van der Waals surface area contributed by atoms with Gasteiger partial charge in [-0.2, -0.15) is 0 Å². The molecule has 96 valence electrons. The van der Waals surface area contributed by atoms with Gasteiger partial charge < -0.3 is 4.40 Å². The molecule has 0 radical (unpaired) electrons. The van der Waals surface area contributed by atoms with Gasteiger partial charge in [-0.3, -0.25) is 4.98 Å². The normalized spacial score (nSPS) is 15.9. The summed E-state index contributed by atoms with van der Waals surface area (Å²) in [6.45, 7) is -1.57. The van der Waals surface area contributed by atoms with Gasteiger partial charge in [-0.25, -0.2) is 9.13 Å². The van der Waals surface area contributed by atoms with Crippen molar-refractivity contribution in [3.05, 3.63) is 54.6 Å². The first kappa shape index (κ1) is 7.85. The van der Waals surface area contributed by atoms with Gasteiger partial charge in [-0.05, 0) is 6.07 Å². The topological polar surface area (TPSA) is 26.1 Å². The Morgan fingerprint density at radius 3 is 3.20 bits per heavy atom. The van der Waals surface area contributed by atoms with Gasteiger partial charge in [-0.1, -0.05) is 18.2 Å². The molecule has 3 aromatic heterocycles. The van der Waals surface area contributed by atoms with E-state index in [1.54, 1.807) is 12.4 Å². The van der Waals surface area contributed by atoms with Crippen LogP contribution in [0.15, 0.2) is 49.1 Å². The van der Waals surface area contributed by atoms with Crippen molar-refractivity contribution >= 4 is 16.6 Å². The summed E-state index contributed by atoms with van der Waals surface area (Å²) in [4.78, 5) is 4.16. The summed E-state index contributed by atoms with van der Waals surface area (Å²) in [5.74, 6) is 0.747. The molecule has 0 saturated carbocycles. The van der Waals surface area contributed by atoms with Gasteiger partial charge in [0.25, 0.3) is 5.82 Å². The number of fused-ring (bicyclic) bond motifs is 7. The minimum absolute atomic E-state index is 0.690. The molecule has 0 spiro atoms. The molecule has 4 nitrogen and oxygen atoms in total. The average molecular weight is 264 g/mol. The SMILES string of the molecule is [2H]C([2H])([2H])[n+]1c2n(c3cn4ccncc4c31)Cc1ccccc1-2. The predicted molar refractivity (Wildman–Crippen MR) is 76.4 cm³/mol. The zero-order chi connectivity index (χ0) is 15.8. The Hall–Kier alpha value is -2.62. The zero-order valence-corrected chi connectivity index (χ0v) is 10.6. The third kappa shape index (κ3) is 1.04. The highest BCUT2D eigenvalue weighted by Crippen LogP contribution is 2.34. The van der Waals surface area contributed by atoms with Crippen molar-refractivity contribution in [2.45, 2.75) is 6.54 Å². The van der Waals surface area contributed by atoms with Crippen LogP contribution in [0.5, 0.6) is 0 Å². The van der Waals surface area contributed by atoms with Crippen molar-refractivity contribution in [3.8, 4) is 11.4 Å². The smallest absolute Gasteiger partial charge is 0.290 e. The second-order valence-corrected chi connectivity index (χ2v) is 5.13. The summed E-state index contributed by atoms with van der Waals surface area (Å²) in [6, 6.07) is 7.98. The zero-order valence-electron chi connectivity index (χ0n) is 13.6. The van der Waals surface area contributed by atoms with Crippen LogP contribution in [0.1, 0.15) is 9.68 Å². The van der Waals surface area contributed by atoms with Crippen molar-refractivity contribution in [1.29, 1.82) is 0 Å². The van der Waals surface area contributed by atoms with E-state index in [1.165, 1.54) is 4.57 Å². The lowest BCUT2D eigenvalue weighted by atomic mass is 10.1. The highest BCUT2D eigenvalue weighted by atomic mass is 15.2. The van der Waals surface area contributed by atoms with E-state index in [-0.39, 0.29) is 0 Å². The van der Waals surface area contributed by atoms with E-state index in [2.05, 4.69) is 15.6 Å². The number of imidazole rings is 1. The standard InChI is InChI=1S/C16H13N4/c1-18-15-13-8-17-6-7-19(13)10-14(15)20-9-11-4-2-3-5-12(11)16(18)20/h2-8,10H,9H2,1H3/q+1/i1D3. The van der Waals surface area contributed by atoms with Crippen molar-refractivity contribution in [3.63, 3.8) is 0 Å². The highest BCUT2D eigenvalue weighted by molar-refractivity contribution is 5.91. The van der Waals surface area contributed by atoms with Gasteiger partial charge in [0.15, 0.2) is 5.52 Å².